The number of H-pyrrole nitrogens is 1. The van der Waals surface area contributed by atoms with Crippen molar-refractivity contribution in [1.29, 1.82) is 0 Å². The van der Waals surface area contributed by atoms with Crippen LogP contribution in [-0.2, 0) is 13.2 Å². The fourth-order valence-corrected chi connectivity index (χ4v) is 1.29. The van der Waals surface area contributed by atoms with Gasteiger partial charge in [0.15, 0.2) is 6.54 Å². The fourth-order valence-electron chi connectivity index (χ4n) is 1.29. The van der Waals surface area contributed by atoms with Crippen LogP contribution in [0.25, 0.3) is 0 Å². The van der Waals surface area contributed by atoms with Crippen molar-refractivity contribution in [2.45, 2.75) is 19.6 Å². The molecule has 60 valence electrons. The smallest absolute Gasteiger partial charge is 0.398 e. The first-order valence-corrected chi connectivity index (χ1v) is 3.75. The van der Waals surface area contributed by atoms with Gasteiger partial charge in [-0.25, -0.2) is 0 Å². The lowest BCUT2D eigenvalue weighted by atomic mass is 10.3. The highest BCUT2D eigenvalue weighted by Crippen LogP contribution is 2.14. The summed E-state index contributed by atoms with van der Waals surface area (Å²) in [6, 6.07) is 0. The van der Waals surface area contributed by atoms with E-state index in [4.69, 9.17) is 9.84 Å². The van der Waals surface area contributed by atoms with E-state index in [1.165, 1.54) is 0 Å². The van der Waals surface area contributed by atoms with Crippen LogP contribution in [0.5, 0.6) is 5.88 Å². The number of nitrogens with zero attached hydrogens (tertiary/aromatic N) is 1. The van der Waals surface area contributed by atoms with Crippen molar-refractivity contribution >= 4 is 0 Å². The zero-order valence-corrected chi connectivity index (χ0v) is 6.21. The van der Waals surface area contributed by atoms with Gasteiger partial charge in [-0.2, -0.15) is 5.10 Å². The molecule has 0 radical (unpaired) electrons. The normalized spacial score (nSPS) is 15.7. The third-order valence-corrected chi connectivity index (χ3v) is 1.85. The number of rotatable bonds is 1. The highest BCUT2D eigenvalue weighted by Gasteiger charge is 2.23. The second-order valence-electron chi connectivity index (χ2n) is 2.62. The van der Waals surface area contributed by atoms with Crippen LogP contribution in [0, 0.1) is 0 Å². The maximum atomic E-state index is 8.87. The third-order valence-electron chi connectivity index (χ3n) is 1.85. The van der Waals surface area contributed by atoms with E-state index >= 15 is 0 Å². The van der Waals surface area contributed by atoms with E-state index in [0.717, 1.165) is 31.0 Å². The van der Waals surface area contributed by atoms with Crippen molar-refractivity contribution in [3.8, 4) is 5.88 Å². The van der Waals surface area contributed by atoms with Gasteiger partial charge in [0.25, 0.3) is 0 Å². The Morgan fingerprint density at radius 1 is 1.73 bits per heavy atom. The second kappa shape index (κ2) is 2.54. The fraction of sp³-hybridized carbons (Fsp3) is 0.571. The molecular formula is C7H11N2O2+. The zero-order chi connectivity index (χ0) is 7.68. The van der Waals surface area contributed by atoms with Gasteiger partial charge >= 0.3 is 5.88 Å². The summed E-state index contributed by atoms with van der Waals surface area (Å²) in [4.78, 5) is 0. The lowest BCUT2D eigenvalue weighted by molar-refractivity contribution is -0.761. The van der Waals surface area contributed by atoms with Crippen LogP contribution in [0.3, 0.4) is 0 Å². The molecule has 0 saturated carbocycles. The summed E-state index contributed by atoms with van der Waals surface area (Å²) >= 11 is 0. The van der Waals surface area contributed by atoms with E-state index in [9.17, 15) is 0 Å². The van der Waals surface area contributed by atoms with Crippen LogP contribution in [0.4, 0.5) is 0 Å². The summed E-state index contributed by atoms with van der Waals surface area (Å²) in [6.07, 6.45) is 2.81. The van der Waals surface area contributed by atoms with Gasteiger partial charge < -0.3 is 9.84 Å². The van der Waals surface area contributed by atoms with Crippen molar-refractivity contribution in [3.05, 3.63) is 11.8 Å². The molecule has 0 bridgehead atoms. The number of aliphatic hydroxyl groups is 1. The molecule has 0 unspecified atom stereocenters. The summed E-state index contributed by atoms with van der Waals surface area (Å²) in [5.41, 5.74) is 0.838. The minimum atomic E-state index is 0.0405. The Morgan fingerprint density at radius 3 is 3.45 bits per heavy atom. The van der Waals surface area contributed by atoms with Crippen molar-refractivity contribution < 1.29 is 14.5 Å². The zero-order valence-electron chi connectivity index (χ0n) is 6.21. The predicted molar refractivity (Wildman–Crippen MR) is 37.0 cm³/mol. The van der Waals surface area contributed by atoms with Gasteiger partial charge in [-0.05, 0) is 0 Å². The standard InChI is InChI=1S/C7H10N2O2/c10-5-6-4-8-9-2-1-3-11-7(6)9/h4,10H,1-3,5H2/p+1. The Labute approximate surface area is 64.4 Å². The van der Waals surface area contributed by atoms with Crippen molar-refractivity contribution in [3.63, 3.8) is 0 Å². The SMILES string of the molecule is OCc1c[nH][n+]2c1OCCC2. The molecule has 0 spiro atoms. The quantitative estimate of drug-likeness (QED) is 0.541. The van der Waals surface area contributed by atoms with Gasteiger partial charge in [0.05, 0.1) is 12.8 Å². The number of ether oxygens (including phenoxy) is 1. The topological polar surface area (TPSA) is 49.1 Å². The first-order valence-electron chi connectivity index (χ1n) is 3.75. The van der Waals surface area contributed by atoms with Crippen LogP contribution in [0.2, 0.25) is 0 Å². The monoisotopic (exact) mass is 155 g/mol. The molecule has 0 fully saturated rings. The van der Waals surface area contributed by atoms with Crippen molar-refractivity contribution in [2.24, 2.45) is 0 Å². The molecule has 2 heterocycles. The van der Waals surface area contributed by atoms with Gasteiger partial charge in [0, 0.05) is 6.42 Å². The van der Waals surface area contributed by atoms with Crippen molar-refractivity contribution in [2.75, 3.05) is 6.61 Å². The summed E-state index contributed by atoms with van der Waals surface area (Å²) in [7, 11) is 0. The number of fused-ring (bicyclic) bond motifs is 1. The Hall–Kier alpha value is -1.03. The first kappa shape index (κ1) is 6.67. The molecule has 4 heteroatoms. The Bertz CT molecular complexity index is 243. The first-order chi connectivity index (χ1) is 5.42. The number of nitrogens with one attached hydrogen (secondary N) is 1. The molecular weight excluding hydrogens is 144 g/mol. The molecule has 0 aromatic carbocycles. The van der Waals surface area contributed by atoms with Crippen LogP contribution in [0.1, 0.15) is 12.0 Å². The minimum absolute atomic E-state index is 0.0405. The lowest BCUT2D eigenvalue weighted by Gasteiger charge is -2.06. The molecule has 1 aromatic heterocycles. The maximum Gasteiger partial charge on any atom is 0.398 e. The maximum absolute atomic E-state index is 8.87. The van der Waals surface area contributed by atoms with Gasteiger partial charge in [0.1, 0.15) is 12.2 Å². The molecule has 2 N–H and O–H groups in total. The Morgan fingerprint density at radius 2 is 2.64 bits per heavy atom. The minimum Gasteiger partial charge on any atom is -0.442 e. The van der Waals surface area contributed by atoms with Gasteiger partial charge in [-0.1, -0.05) is 4.68 Å². The third kappa shape index (κ3) is 0.991. The van der Waals surface area contributed by atoms with Crippen LogP contribution in [-0.4, -0.2) is 16.8 Å². The highest BCUT2D eigenvalue weighted by molar-refractivity contribution is 5.16. The lowest BCUT2D eigenvalue weighted by Crippen LogP contribution is -2.41. The van der Waals surface area contributed by atoms with Gasteiger partial charge in [0.2, 0.25) is 0 Å². The van der Waals surface area contributed by atoms with Crippen LogP contribution < -0.4 is 9.42 Å². The van der Waals surface area contributed by atoms with E-state index in [-0.39, 0.29) is 6.61 Å². The van der Waals surface area contributed by atoms with E-state index < -0.39 is 0 Å². The number of aromatic nitrogens is 2. The molecule has 0 saturated heterocycles. The largest absolute Gasteiger partial charge is 0.442 e. The number of aryl methyl sites for hydroxylation is 1. The number of hydrogen-bond donors (Lipinski definition) is 2. The van der Waals surface area contributed by atoms with E-state index in [0.29, 0.717) is 0 Å². The summed E-state index contributed by atoms with van der Waals surface area (Å²) in [5, 5.41) is 11.9. The van der Waals surface area contributed by atoms with Crippen LogP contribution in [0.15, 0.2) is 6.20 Å². The van der Waals surface area contributed by atoms with Crippen molar-refractivity contribution in [1.82, 2.24) is 5.10 Å². The molecule has 0 atom stereocenters. The number of aliphatic hydroxyl groups excluding tert-OH is 1. The predicted octanol–water partition coefficient (Wildman–Crippen LogP) is -0.423. The molecule has 1 aromatic rings. The summed E-state index contributed by atoms with van der Waals surface area (Å²) < 4.78 is 7.27. The molecule has 0 amide bonds. The molecule has 4 nitrogen and oxygen atoms in total. The van der Waals surface area contributed by atoms with Gasteiger partial charge in [-0.15, -0.1) is 0 Å². The van der Waals surface area contributed by atoms with E-state index in [1.54, 1.807) is 6.20 Å². The molecule has 1 aliphatic rings. The average molecular weight is 155 g/mol. The molecule has 11 heavy (non-hydrogen) atoms. The van der Waals surface area contributed by atoms with E-state index in [1.807, 2.05) is 4.68 Å². The Balaban J connectivity index is 2.38. The summed E-state index contributed by atoms with van der Waals surface area (Å²) in [6.45, 7) is 1.75. The van der Waals surface area contributed by atoms with E-state index in [2.05, 4.69) is 5.10 Å². The summed E-state index contributed by atoms with van der Waals surface area (Å²) in [5.74, 6) is 0.791. The molecule has 2 rings (SSSR count). The van der Waals surface area contributed by atoms with Gasteiger partial charge in [-0.3, -0.25) is 0 Å². The molecule has 1 aliphatic heterocycles. The average Bonchev–Trinajstić information content (AvgIpc) is 2.47. The highest BCUT2D eigenvalue weighted by atomic mass is 16.5. The molecule has 0 aliphatic carbocycles. The number of hydrogen-bond acceptors (Lipinski definition) is 2. The number of aromatic amines is 1. The Kier molecular flexibility index (Phi) is 1.54. The van der Waals surface area contributed by atoms with Crippen LogP contribution >= 0.6 is 0 Å². The second-order valence-corrected chi connectivity index (χ2v) is 2.62.